The van der Waals surface area contributed by atoms with Gasteiger partial charge in [0, 0.05) is 23.5 Å². The Morgan fingerprint density at radius 2 is 1.68 bits per heavy atom. The second-order valence-corrected chi connectivity index (χ2v) is 8.69. The monoisotopic (exact) mass is 464 g/mol. The third-order valence-corrected chi connectivity index (χ3v) is 4.86. The summed E-state index contributed by atoms with van der Waals surface area (Å²) in [5.41, 5.74) is -0.661. The van der Waals surface area contributed by atoms with E-state index in [1.807, 2.05) is 0 Å². The first-order valence-corrected chi connectivity index (χ1v) is 9.76. The summed E-state index contributed by atoms with van der Waals surface area (Å²) in [6.45, 7) is 5.80. The summed E-state index contributed by atoms with van der Waals surface area (Å²) in [5.74, 6) is -1.24. The van der Waals surface area contributed by atoms with Crippen LogP contribution in [0, 0.1) is 5.92 Å². The van der Waals surface area contributed by atoms with Crippen LogP contribution < -0.4 is 5.32 Å². The Morgan fingerprint density at radius 3 is 2.14 bits per heavy atom. The standard InChI is InChI=1S/C19H24BrF3N2O3/c1-18(2,3)28-17(27)25-10-8-13(9-11-25)16(26)24-15(19(21,22)23)12-4-6-14(20)7-5-12/h4-7,13,15H,8-11H2,1-3H3,(H,24,26)/t15-/m0/s1. The van der Waals surface area contributed by atoms with Crippen LogP contribution in [0.3, 0.4) is 0 Å². The van der Waals surface area contributed by atoms with Crippen molar-refractivity contribution in [1.29, 1.82) is 0 Å². The van der Waals surface area contributed by atoms with Gasteiger partial charge in [-0.05, 0) is 51.3 Å². The number of nitrogens with zero attached hydrogens (tertiary/aromatic N) is 1. The highest BCUT2D eigenvalue weighted by atomic mass is 79.9. The van der Waals surface area contributed by atoms with Gasteiger partial charge in [-0.1, -0.05) is 28.1 Å². The van der Waals surface area contributed by atoms with Crippen LogP contribution in [0.25, 0.3) is 0 Å². The molecule has 1 atom stereocenters. The van der Waals surface area contributed by atoms with Crippen LogP contribution in [0.5, 0.6) is 0 Å². The lowest BCUT2D eigenvalue weighted by Gasteiger charge is -2.33. The number of piperidine rings is 1. The Bertz CT molecular complexity index is 694. The van der Waals surface area contributed by atoms with Gasteiger partial charge < -0.3 is 15.0 Å². The Labute approximate surface area is 170 Å². The maximum absolute atomic E-state index is 13.5. The Morgan fingerprint density at radius 1 is 1.14 bits per heavy atom. The maximum atomic E-state index is 13.5. The van der Waals surface area contributed by atoms with Crippen molar-refractivity contribution in [2.75, 3.05) is 13.1 Å². The first kappa shape index (κ1) is 22.5. The molecule has 0 aliphatic carbocycles. The molecule has 1 aromatic carbocycles. The number of amides is 2. The molecule has 1 heterocycles. The molecular weight excluding hydrogens is 441 g/mol. The highest BCUT2D eigenvalue weighted by Gasteiger charge is 2.43. The zero-order valence-electron chi connectivity index (χ0n) is 16.0. The van der Waals surface area contributed by atoms with Gasteiger partial charge in [0.25, 0.3) is 0 Å². The maximum Gasteiger partial charge on any atom is 0.412 e. The molecule has 0 spiro atoms. The fourth-order valence-electron chi connectivity index (χ4n) is 2.92. The third kappa shape index (κ3) is 6.39. The van der Waals surface area contributed by atoms with Gasteiger partial charge in [0.15, 0.2) is 6.04 Å². The SMILES string of the molecule is CC(C)(C)OC(=O)N1CCC(C(=O)N[C@@H](c2ccc(Br)cc2)C(F)(F)F)CC1. The summed E-state index contributed by atoms with van der Waals surface area (Å²) in [4.78, 5) is 26.0. The van der Waals surface area contributed by atoms with Crippen LogP contribution in [0.1, 0.15) is 45.2 Å². The van der Waals surface area contributed by atoms with E-state index in [1.54, 1.807) is 20.8 Å². The minimum Gasteiger partial charge on any atom is -0.444 e. The Hall–Kier alpha value is -1.77. The smallest absolute Gasteiger partial charge is 0.412 e. The number of halogens is 4. The third-order valence-electron chi connectivity index (χ3n) is 4.33. The van der Waals surface area contributed by atoms with Crippen molar-refractivity contribution < 1.29 is 27.5 Å². The molecular formula is C19H24BrF3N2O3. The van der Waals surface area contributed by atoms with E-state index in [4.69, 9.17) is 4.74 Å². The molecule has 1 aromatic rings. The number of hydrogen-bond donors (Lipinski definition) is 1. The molecule has 156 valence electrons. The van der Waals surface area contributed by atoms with Gasteiger partial charge in [0.2, 0.25) is 5.91 Å². The molecule has 1 aliphatic heterocycles. The lowest BCUT2D eigenvalue weighted by Crippen LogP contribution is -2.47. The lowest BCUT2D eigenvalue weighted by molar-refractivity contribution is -0.165. The zero-order chi connectivity index (χ0) is 21.1. The van der Waals surface area contributed by atoms with E-state index in [-0.39, 0.29) is 31.5 Å². The van der Waals surface area contributed by atoms with Crippen molar-refractivity contribution >= 4 is 27.9 Å². The van der Waals surface area contributed by atoms with E-state index < -0.39 is 35.7 Å². The Kier molecular flexibility index (Phi) is 7.01. The number of alkyl halides is 3. The summed E-state index contributed by atoms with van der Waals surface area (Å²) in [7, 11) is 0. The molecule has 0 aromatic heterocycles. The number of ether oxygens (including phenoxy) is 1. The van der Waals surface area contributed by atoms with Gasteiger partial charge >= 0.3 is 12.3 Å². The lowest BCUT2D eigenvalue weighted by atomic mass is 9.95. The summed E-state index contributed by atoms with van der Waals surface area (Å²) in [6.07, 6.45) is -4.51. The van der Waals surface area contributed by atoms with Gasteiger partial charge in [0.05, 0.1) is 0 Å². The molecule has 2 amide bonds. The number of nitrogens with one attached hydrogen (secondary N) is 1. The normalized spacial score (nSPS) is 17.2. The molecule has 2 rings (SSSR count). The molecule has 1 N–H and O–H groups in total. The summed E-state index contributed by atoms with van der Waals surface area (Å²) < 4.78 is 46.3. The summed E-state index contributed by atoms with van der Waals surface area (Å²) >= 11 is 3.18. The number of carbonyl (C=O) groups is 2. The minimum absolute atomic E-state index is 0.0322. The van der Waals surface area contributed by atoms with Crippen molar-refractivity contribution in [3.05, 3.63) is 34.3 Å². The van der Waals surface area contributed by atoms with E-state index in [2.05, 4.69) is 21.2 Å². The van der Waals surface area contributed by atoms with Crippen molar-refractivity contribution in [2.24, 2.45) is 5.92 Å². The average Bonchev–Trinajstić information content (AvgIpc) is 2.58. The molecule has 0 saturated carbocycles. The van der Waals surface area contributed by atoms with Gasteiger partial charge in [-0.15, -0.1) is 0 Å². The van der Waals surface area contributed by atoms with E-state index in [0.717, 1.165) is 0 Å². The molecule has 0 radical (unpaired) electrons. The zero-order valence-corrected chi connectivity index (χ0v) is 17.6. The van der Waals surface area contributed by atoms with Crippen LogP contribution >= 0.6 is 15.9 Å². The second-order valence-electron chi connectivity index (χ2n) is 7.78. The van der Waals surface area contributed by atoms with E-state index >= 15 is 0 Å². The largest absolute Gasteiger partial charge is 0.444 e. The molecule has 9 heteroatoms. The molecule has 1 fully saturated rings. The molecule has 28 heavy (non-hydrogen) atoms. The van der Waals surface area contributed by atoms with Crippen LogP contribution in [0.15, 0.2) is 28.7 Å². The predicted molar refractivity (Wildman–Crippen MR) is 102 cm³/mol. The number of carbonyl (C=O) groups excluding carboxylic acids is 2. The molecule has 0 bridgehead atoms. The topological polar surface area (TPSA) is 58.6 Å². The van der Waals surface area contributed by atoms with E-state index in [9.17, 15) is 22.8 Å². The number of hydrogen-bond acceptors (Lipinski definition) is 3. The minimum atomic E-state index is -4.61. The summed E-state index contributed by atoms with van der Waals surface area (Å²) in [5, 5.41) is 2.13. The van der Waals surface area contributed by atoms with Crippen molar-refractivity contribution in [3.8, 4) is 0 Å². The number of rotatable bonds is 3. The number of likely N-dealkylation sites (tertiary alicyclic amines) is 1. The highest BCUT2D eigenvalue weighted by molar-refractivity contribution is 9.10. The average molecular weight is 465 g/mol. The van der Waals surface area contributed by atoms with E-state index in [0.29, 0.717) is 4.47 Å². The highest BCUT2D eigenvalue weighted by Crippen LogP contribution is 2.34. The van der Waals surface area contributed by atoms with E-state index in [1.165, 1.54) is 29.2 Å². The quantitative estimate of drug-likeness (QED) is 0.697. The van der Waals surface area contributed by atoms with Crippen LogP contribution in [0.4, 0.5) is 18.0 Å². The van der Waals surface area contributed by atoms with Crippen molar-refractivity contribution in [3.63, 3.8) is 0 Å². The van der Waals surface area contributed by atoms with Gasteiger partial charge in [-0.3, -0.25) is 4.79 Å². The van der Waals surface area contributed by atoms with Gasteiger partial charge in [0.1, 0.15) is 5.60 Å². The van der Waals surface area contributed by atoms with Gasteiger partial charge in [-0.2, -0.15) is 13.2 Å². The van der Waals surface area contributed by atoms with Crippen LogP contribution in [-0.4, -0.2) is 41.8 Å². The van der Waals surface area contributed by atoms with Crippen LogP contribution in [-0.2, 0) is 9.53 Å². The first-order chi connectivity index (χ1) is 12.9. The predicted octanol–water partition coefficient (Wildman–Crippen LogP) is 4.82. The molecule has 0 unspecified atom stereocenters. The summed E-state index contributed by atoms with van der Waals surface area (Å²) in [6, 6.07) is 3.58. The fourth-order valence-corrected chi connectivity index (χ4v) is 3.18. The molecule has 1 saturated heterocycles. The van der Waals surface area contributed by atoms with Crippen LogP contribution in [0.2, 0.25) is 0 Å². The van der Waals surface area contributed by atoms with Gasteiger partial charge in [-0.25, -0.2) is 4.79 Å². The Balaban J connectivity index is 1.98. The molecule has 5 nitrogen and oxygen atoms in total. The fraction of sp³-hybridized carbons (Fsp3) is 0.579. The molecule has 1 aliphatic rings. The first-order valence-electron chi connectivity index (χ1n) is 8.97. The second kappa shape index (κ2) is 8.71. The van der Waals surface area contributed by atoms with Crippen molar-refractivity contribution in [1.82, 2.24) is 10.2 Å². The van der Waals surface area contributed by atoms with Crippen molar-refractivity contribution in [2.45, 2.75) is 51.4 Å². The number of benzene rings is 1.